The number of nitrogens with two attached hydrogens (primary N) is 1. The fourth-order valence-electron chi connectivity index (χ4n) is 2.42. The van der Waals surface area contributed by atoms with Gasteiger partial charge in [0, 0.05) is 12.1 Å². The highest BCUT2D eigenvalue weighted by Crippen LogP contribution is 2.26. The van der Waals surface area contributed by atoms with Crippen molar-refractivity contribution in [2.75, 3.05) is 11.1 Å². The molecule has 0 saturated heterocycles. The Hall–Kier alpha value is -1.71. The zero-order chi connectivity index (χ0) is 15.4. The van der Waals surface area contributed by atoms with Gasteiger partial charge in [-0.1, -0.05) is 6.58 Å². The number of amides is 1. The zero-order valence-corrected chi connectivity index (χ0v) is 13.6. The Labute approximate surface area is 136 Å². The molecular formula is C13H17IN6O. The monoisotopic (exact) mass is 400 g/mol. The molecule has 2 atom stereocenters. The van der Waals surface area contributed by atoms with Crippen LogP contribution in [0.25, 0.3) is 0 Å². The van der Waals surface area contributed by atoms with Crippen molar-refractivity contribution in [2.24, 2.45) is 0 Å². The first-order valence-corrected chi connectivity index (χ1v) is 7.63. The molecule has 0 aromatic carbocycles. The van der Waals surface area contributed by atoms with Crippen molar-refractivity contribution in [3.63, 3.8) is 0 Å². The molecule has 1 aromatic heterocycles. The minimum atomic E-state index is -0.151. The quantitative estimate of drug-likeness (QED) is 0.339. The van der Waals surface area contributed by atoms with Crippen LogP contribution in [0, 0.1) is 5.41 Å². The normalized spacial score (nSPS) is 20.8. The second-order valence-corrected chi connectivity index (χ2v) is 5.94. The van der Waals surface area contributed by atoms with E-state index in [-0.39, 0.29) is 18.0 Å². The van der Waals surface area contributed by atoms with Gasteiger partial charge in [0.1, 0.15) is 21.7 Å². The van der Waals surface area contributed by atoms with E-state index in [1.165, 1.54) is 12.4 Å². The molecule has 0 unspecified atom stereocenters. The van der Waals surface area contributed by atoms with Crippen LogP contribution in [0.5, 0.6) is 0 Å². The van der Waals surface area contributed by atoms with Crippen molar-refractivity contribution >= 4 is 43.9 Å². The van der Waals surface area contributed by atoms with E-state index < -0.39 is 0 Å². The summed E-state index contributed by atoms with van der Waals surface area (Å²) in [5.74, 6) is 0.714. The minimum Gasteiger partial charge on any atom is -0.383 e. The lowest BCUT2D eigenvalue weighted by molar-refractivity contribution is -0.117. The molecule has 1 aromatic rings. The molecule has 21 heavy (non-hydrogen) atoms. The second kappa shape index (κ2) is 6.83. The van der Waals surface area contributed by atoms with Crippen LogP contribution in [0.4, 0.5) is 11.6 Å². The largest absolute Gasteiger partial charge is 0.383 e. The Morgan fingerprint density at radius 3 is 2.86 bits per heavy atom. The van der Waals surface area contributed by atoms with Gasteiger partial charge in [-0.25, -0.2) is 9.97 Å². The molecule has 1 aliphatic carbocycles. The molecule has 5 N–H and O–H groups in total. The highest BCUT2D eigenvalue weighted by atomic mass is 127. The first-order chi connectivity index (χ1) is 10.0. The summed E-state index contributed by atoms with van der Waals surface area (Å²) in [6.45, 7) is 3.45. The van der Waals surface area contributed by atoms with Gasteiger partial charge >= 0.3 is 0 Å². The van der Waals surface area contributed by atoms with Gasteiger partial charge in [0.05, 0.1) is 5.56 Å². The third kappa shape index (κ3) is 3.90. The number of nitrogens with one attached hydrogen (secondary N) is 3. The highest BCUT2D eigenvalue weighted by molar-refractivity contribution is 14.1. The SMILES string of the molecule is C=CC(=O)N[C@H]1CC[C@H](Nc2ncnc(N)c2C(=N)I)C1. The van der Waals surface area contributed by atoms with E-state index in [9.17, 15) is 4.79 Å². The van der Waals surface area contributed by atoms with E-state index >= 15 is 0 Å². The molecule has 0 radical (unpaired) electrons. The molecule has 0 spiro atoms. The maximum Gasteiger partial charge on any atom is 0.243 e. The van der Waals surface area contributed by atoms with E-state index in [1.54, 1.807) is 0 Å². The first kappa shape index (κ1) is 15.7. The lowest BCUT2D eigenvalue weighted by atomic mass is 10.2. The van der Waals surface area contributed by atoms with Crippen LogP contribution in [0.1, 0.15) is 24.8 Å². The van der Waals surface area contributed by atoms with Gasteiger partial charge < -0.3 is 16.4 Å². The zero-order valence-electron chi connectivity index (χ0n) is 11.4. The lowest BCUT2D eigenvalue weighted by Gasteiger charge is -2.17. The first-order valence-electron chi connectivity index (χ1n) is 6.55. The predicted molar refractivity (Wildman–Crippen MR) is 90.7 cm³/mol. The van der Waals surface area contributed by atoms with Gasteiger partial charge in [0.25, 0.3) is 0 Å². The number of carbonyl (C=O) groups is 1. The second-order valence-electron chi connectivity index (χ2n) is 4.86. The van der Waals surface area contributed by atoms with Crippen molar-refractivity contribution in [1.82, 2.24) is 15.3 Å². The van der Waals surface area contributed by atoms with Gasteiger partial charge in [-0.3, -0.25) is 10.2 Å². The van der Waals surface area contributed by atoms with Gasteiger partial charge in [0.2, 0.25) is 5.91 Å². The molecule has 7 nitrogen and oxygen atoms in total. The molecule has 1 fully saturated rings. The highest BCUT2D eigenvalue weighted by Gasteiger charge is 2.26. The Morgan fingerprint density at radius 1 is 1.48 bits per heavy atom. The third-order valence-electron chi connectivity index (χ3n) is 3.40. The van der Waals surface area contributed by atoms with Crippen LogP contribution in [-0.4, -0.2) is 31.7 Å². The van der Waals surface area contributed by atoms with Crippen molar-refractivity contribution in [3.8, 4) is 0 Å². The van der Waals surface area contributed by atoms with E-state index in [0.717, 1.165) is 19.3 Å². The standard InChI is InChI=1S/C13H17IN6O/c1-2-9(21)19-7-3-4-8(5-7)20-13-10(11(14)15)12(16)17-6-18-13/h2,6-8,15H,1,3-5H2,(H,19,21)(H3,16,17,18,20)/t7-,8-/m0/s1. The Bertz CT molecular complexity index is 576. The van der Waals surface area contributed by atoms with Crippen LogP contribution in [0.2, 0.25) is 0 Å². The number of anilines is 2. The smallest absolute Gasteiger partial charge is 0.243 e. The van der Waals surface area contributed by atoms with Gasteiger partial charge in [0.15, 0.2) is 0 Å². The summed E-state index contributed by atoms with van der Waals surface area (Å²) < 4.78 is 0.294. The molecule has 0 aliphatic heterocycles. The average Bonchev–Trinajstić information content (AvgIpc) is 2.85. The number of carbonyl (C=O) groups excluding carboxylic acids is 1. The summed E-state index contributed by atoms with van der Waals surface area (Å²) in [6.07, 6.45) is 5.28. The lowest BCUT2D eigenvalue weighted by Crippen LogP contribution is -2.32. The van der Waals surface area contributed by atoms with Crippen LogP contribution in [0.3, 0.4) is 0 Å². The van der Waals surface area contributed by atoms with Gasteiger partial charge in [-0.2, -0.15) is 0 Å². The molecule has 8 heteroatoms. The van der Waals surface area contributed by atoms with Crippen LogP contribution < -0.4 is 16.4 Å². The van der Waals surface area contributed by atoms with Crippen molar-refractivity contribution in [3.05, 3.63) is 24.5 Å². The Balaban J connectivity index is 2.04. The average molecular weight is 400 g/mol. The van der Waals surface area contributed by atoms with Crippen molar-refractivity contribution < 1.29 is 4.79 Å². The number of nitrogen functional groups attached to an aromatic ring is 1. The summed E-state index contributed by atoms with van der Waals surface area (Å²) in [5, 5.41) is 14.0. The summed E-state index contributed by atoms with van der Waals surface area (Å²) in [7, 11) is 0. The number of hydrogen-bond acceptors (Lipinski definition) is 6. The number of hydrogen-bond donors (Lipinski definition) is 4. The minimum absolute atomic E-state index is 0.134. The van der Waals surface area contributed by atoms with Crippen molar-refractivity contribution in [1.29, 1.82) is 5.41 Å². The molecule has 0 bridgehead atoms. The number of nitrogens with zero attached hydrogens (tertiary/aromatic N) is 2. The van der Waals surface area contributed by atoms with Gasteiger partial charge in [-0.15, -0.1) is 0 Å². The molecular weight excluding hydrogens is 383 g/mol. The van der Waals surface area contributed by atoms with Crippen LogP contribution in [0.15, 0.2) is 19.0 Å². The van der Waals surface area contributed by atoms with Crippen LogP contribution in [-0.2, 0) is 4.79 Å². The molecule has 1 saturated carbocycles. The van der Waals surface area contributed by atoms with E-state index in [0.29, 0.717) is 20.9 Å². The Morgan fingerprint density at radius 2 is 2.19 bits per heavy atom. The van der Waals surface area contributed by atoms with Crippen LogP contribution >= 0.6 is 22.6 Å². The van der Waals surface area contributed by atoms with Gasteiger partial charge in [-0.05, 0) is 47.9 Å². The molecule has 1 heterocycles. The fourth-order valence-corrected chi connectivity index (χ4v) is 2.95. The molecule has 1 amide bonds. The molecule has 1 aliphatic rings. The van der Waals surface area contributed by atoms with Crippen molar-refractivity contribution in [2.45, 2.75) is 31.3 Å². The molecule has 2 rings (SSSR count). The molecule has 112 valence electrons. The third-order valence-corrected chi connectivity index (χ3v) is 3.94. The maximum atomic E-state index is 11.3. The van der Waals surface area contributed by atoms with E-state index in [2.05, 4.69) is 27.2 Å². The number of halogens is 1. The number of rotatable bonds is 5. The fraction of sp³-hybridized carbons (Fsp3) is 0.385. The van der Waals surface area contributed by atoms with E-state index in [4.69, 9.17) is 11.1 Å². The predicted octanol–water partition coefficient (Wildman–Crippen LogP) is 1.45. The van der Waals surface area contributed by atoms with E-state index in [1.807, 2.05) is 22.6 Å². The summed E-state index contributed by atoms with van der Waals surface area (Å²) >= 11 is 1.89. The summed E-state index contributed by atoms with van der Waals surface area (Å²) in [4.78, 5) is 19.4. The Kier molecular flexibility index (Phi) is 5.10. The number of aromatic nitrogens is 2. The topological polar surface area (TPSA) is 117 Å². The maximum absolute atomic E-state index is 11.3. The summed E-state index contributed by atoms with van der Waals surface area (Å²) in [5.41, 5.74) is 6.33. The summed E-state index contributed by atoms with van der Waals surface area (Å²) in [6, 6.07) is 0.318.